The Morgan fingerprint density at radius 1 is 1.17 bits per heavy atom. The lowest BCUT2D eigenvalue weighted by atomic mass is 10.00. The second-order valence-electron chi connectivity index (χ2n) is 6.71. The van der Waals surface area contributed by atoms with Crippen LogP contribution in [0.4, 0.5) is 11.6 Å². The zero-order valence-corrected chi connectivity index (χ0v) is 14.5. The molecule has 0 aliphatic carbocycles. The molecule has 1 saturated heterocycles. The molecule has 0 spiro atoms. The Hall–Kier alpha value is -2.43. The standard InChI is InChI=1S/C19H24N4O/c1-13-6-8-23(9-7-13)19-20-11-16(12-21-19)18(24)22-17-5-4-14(2)10-15(17)3/h4-5,10-13H,6-9H2,1-3H3,(H,22,24). The van der Waals surface area contributed by atoms with E-state index in [-0.39, 0.29) is 5.91 Å². The molecule has 0 radical (unpaired) electrons. The van der Waals surface area contributed by atoms with Crippen molar-refractivity contribution in [2.24, 2.45) is 5.92 Å². The molecule has 1 aromatic heterocycles. The van der Waals surface area contributed by atoms with Gasteiger partial charge in [0.1, 0.15) is 0 Å². The van der Waals surface area contributed by atoms with Gasteiger partial charge in [0.05, 0.1) is 5.56 Å². The summed E-state index contributed by atoms with van der Waals surface area (Å²) in [5, 5.41) is 2.93. The van der Waals surface area contributed by atoms with Crippen molar-refractivity contribution in [3.63, 3.8) is 0 Å². The van der Waals surface area contributed by atoms with Gasteiger partial charge in [0.2, 0.25) is 5.95 Å². The maximum absolute atomic E-state index is 12.4. The highest BCUT2D eigenvalue weighted by Gasteiger charge is 2.18. The van der Waals surface area contributed by atoms with E-state index < -0.39 is 0 Å². The third-order valence-electron chi connectivity index (χ3n) is 4.60. The minimum atomic E-state index is -0.180. The third kappa shape index (κ3) is 3.72. The quantitative estimate of drug-likeness (QED) is 0.937. The predicted octanol–water partition coefficient (Wildman–Crippen LogP) is 3.58. The first kappa shape index (κ1) is 16.4. The zero-order chi connectivity index (χ0) is 17.1. The van der Waals surface area contributed by atoms with Crippen LogP contribution in [0.2, 0.25) is 0 Å². The molecule has 1 amide bonds. The fraction of sp³-hybridized carbons (Fsp3) is 0.421. The third-order valence-corrected chi connectivity index (χ3v) is 4.60. The number of benzene rings is 1. The van der Waals surface area contributed by atoms with E-state index in [4.69, 9.17) is 0 Å². The summed E-state index contributed by atoms with van der Waals surface area (Å²) in [4.78, 5) is 23.3. The molecule has 0 unspecified atom stereocenters. The molecule has 0 atom stereocenters. The van der Waals surface area contributed by atoms with E-state index >= 15 is 0 Å². The van der Waals surface area contributed by atoms with Crippen LogP contribution in [0.15, 0.2) is 30.6 Å². The number of aromatic nitrogens is 2. The normalized spacial score (nSPS) is 15.4. The summed E-state index contributed by atoms with van der Waals surface area (Å²) in [5.41, 5.74) is 3.51. The molecule has 0 bridgehead atoms. The molecule has 126 valence electrons. The molecule has 5 nitrogen and oxygen atoms in total. The van der Waals surface area contributed by atoms with Crippen molar-refractivity contribution >= 4 is 17.5 Å². The molecule has 2 heterocycles. The number of carbonyl (C=O) groups excluding carboxylic acids is 1. The van der Waals surface area contributed by atoms with Gasteiger partial charge in [-0.05, 0) is 44.2 Å². The van der Waals surface area contributed by atoms with Gasteiger partial charge in [0.25, 0.3) is 5.91 Å². The average Bonchev–Trinajstić information content (AvgIpc) is 2.58. The lowest BCUT2D eigenvalue weighted by Gasteiger charge is -2.30. The second kappa shape index (κ2) is 6.99. The van der Waals surface area contributed by atoms with Gasteiger partial charge in [-0.3, -0.25) is 4.79 Å². The summed E-state index contributed by atoms with van der Waals surface area (Å²) in [6.45, 7) is 8.26. The number of nitrogens with one attached hydrogen (secondary N) is 1. The van der Waals surface area contributed by atoms with E-state index in [1.807, 2.05) is 32.0 Å². The monoisotopic (exact) mass is 324 g/mol. The smallest absolute Gasteiger partial charge is 0.258 e. The van der Waals surface area contributed by atoms with Gasteiger partial charge in [-0.1, -0.05) is 24.6 Å². The van der Waals surface area contributed by atoms with Crippen LogP contribution in [0.25, 0.3) is 0 Å². The van der Waals surface area contributed by atoms with Crippen LogP contribution in [-0.4, -0.2) is 29.0 Å². The van der Waals surface area contributed by atoms with Crippen LogP contribution in [-0.2, 0) is 0 Å². The van der Waals surface area contributed by atoms with Gasteiger partial charge in [0.15, 0.2) is 0 Å². The van der Waals surface area contributed by atoms with Gasteiger partial charge < -0.3 is 10.2 Å². The summed E-state index contributed by atoms with van der Waals surface area (Å²) in [7, 11) is 0. The average molecular weight is 324 g/mol. The molecule has 1 aromatic carbocycles. The Morgan fingerprint density at radius 2 is 1.83 bits per heavy atom. The van der Waals surface area contributed by atoms with Crippen LogP contribution in [0, 0.1) is 19.8 Å². The first-order valence-corrected chi connectivity index (χ1v) is 8.48. The number of amides is 1. The fourth-order valence-electron chi connectivity index (χ4n) is 2.96. The number of nitrogens with zero attached hydrogens (tertiary/aromatic N) is 3. The van der Waals surface area contributed by atoms with E-state index in [0.717, 1.165) is 43.1 Å². The summed E-state index contributed by atoms with van der Waals surface area (Å²) >= 11 is 0. The highest BCUT2D eigenvalue weighted by molar-refractivity contribution is 6.04. The van der Waals surface area contributed by atoms with Crippen molar-refractivity contribution < 1.29 is 4.79 Å². The minimum absolute atomic E-state index is 0.180. The van der Waals surface area contributed by atoms with Crippen LogP contribution < -0.4 is 10.2 Å². The summed E-state index contributed by atoms with van der Waals surface area (Å²) in [5.74, 6) is 1.30. The molecule has 1 aliphatic rings. The van der Waals surface area contributed by atoms with E-state index in [0.29, 0.717) is 11.5 Å². The van der Waals surface area contributed by atoms with Gasteiger partial charge in [-0.15, -0.1) is 0 Å². The molecule has 5 heteroatoms. The molecular formula is C19H24N4O. The van der Waals surface area contributed by atoms with Crippen LogP contribution in [0.3, 0.4) is 0 Å². The van der Waals surface area contributed by atoms with E-state index in [2.05, 4.69) is 27.1 Å². The molecule has 1 fully saturated rings. The maximum Gasteiger partial charge on any atom is 0.258 e. The van der Waals surface area contributed by atoms with Gasteiger partial charge in [-0.2, -0.15) is 0 Å². The van der Waals surface area contributed by atoms with E-state index in [1.54, 1.807) is 12.4 Å². The number of hydrogen-bond acceptors (Lipinski definition) is 4. The topological polar surface area (TPSA) is 58.1 Å². The molecule has 0 saturated carbocycles. The van der Waals surface area contributed by atoms with Gasteiger partial charge in [-0.25, -0.2) is 9.97 Å². The number of carbonyl (C=O) groups is 1. The van der Waals surface area contributed by atoms with Crippen molar-refractivity contribution in [1.29, 1.82) is 0 Å². The highest BCUT2D eigenvalue weighted by atomic mass is 16.1. The fourth-order valence-corrected chi connectivity index (χ4v) is 2.96. The summed E-state index contributed by atoms with van der Waals surface area (Å²) in [6.07, 6.45) is 5.55. The van der Waals surface area contributed by atoms with E-state index in [1.165, 1.54) is 5.56 Å². The lowest BCUT2D eigenvalue weighted by molar-refractivity contribution is 0.102. The van der Waals surface area contributed by atoms with Crippen LogP contribution in [0.1, 0.15) is 41.3 Å². The molecular weight excluding hydrogens is 300 g/mol. The number of aryl methyl sites for hydroxylation is 2. The Labute approximate surface area is 143 Å². The molecule has 2 aromatic rings. The number of hydrogen-bond donors (Lipinski definition) is 1. The molecule has 1 aliphatic heterocycles. The summed E-state index contributed by atoms with van der Waals surface area (Å²) in [6, 6.07) is 5.96. The Morgan fingerprint density at radius 3 is 2.46 bits per heavy atom. The van der Waals surface area contributed by atoms with Gasteiger partial charge in [0, 0.05) is 31.2 Å². The van der Waals surface area contributed by atoms with Crippen LogP contribution >= 0.6 is 0 Å². The van der Waals surface area contributed by atoms with Crippen molar-refractivity contribution in [1.82, 2.24) is 9.97 Å². The maximum atomic E-state index is 12.4. The lowest BCUT2D eigenvalue weighted by Crippen LogP contribution is -2.34. The van der Waals surface area contributed by atoms with Crippen molar-refractivity contribution in [3.8, 4) is 0 Å². The second-order valence-corrected chi connectivity index (χ2v) is 6.71. The zero-order valence-electron chi connectivity index (χ0n) is 14.5. The minimum Gasteiger partial charge on any atom is -0.341 e. The Bertz CT molecular complexity index is 719. The van der Waals surface area contributed by atoms with Gasteiger partial charge >= 0.3 is 0 Å². The van der Waals surface area contributed by atoms with E-state index in [9.17, 15) is 4.79 Å². The van der Waals surface area contributed by atoms with Crippen molar-refractivity contribution in [2.45, 2.75) is 33.6 Å². The first-order valence-electron chi connectivity index (χ1n) is 8.48. The predicted molar refractivity (Wildman–Crippen MR) is 96.5 cm³/mol. The van der Waals surface area contributed by atoms with Crippen molar-refractivity contribution in [3.05, 3.63) is 47.3 Å². The van der Waals surface area contributed by atoms with Crippen molar-refractivity contribution in [2.75, 3.05) is 23.3 Å². The number of rotatable bonds is 3. The summed E-state index contributed by atoms with van der Waals surface area (Å²) < 4.78 is 0. The molecule has 1 N–H and O–H groups in total. The Balaban J connectivity index is 1.67. The molecule has 24 heavy (non-hydrogen) atoms. The highest BCUT2D eigenvalue weighted by Crippen LogP contribution is 2.20. The largest absolute Gasteiger partial charge is 0.341 e. The number of anilines is 2. The number of piperidine rings is 1. The molecule has 3 rings (SSSR count). The Kier molecular flexibility index (Phi) is 4.79. The van der Waals surface area contributed by atoms with Crippen LogP contribution in [0.5, 0.6) is 0 Å². The SMILES string of the molecule is Cc1ccc(NC(=O)c2cnc(N3CCC(C)CC3)nc2)c(C)c1. The first-order chi connectivity index (χ1) is 11.5.